The molecule has 3 aromatic rings. The lowest BCUT2D eigenvalue weighted by Crippen LogP contribution is -2.19. The third kappa shape index (κ3) is 5.27. The van der Waals surface area contributed by atoms with Crippen molar-refractivity contribution in [2.75, 3.05) is 28.8 Å². The minimum Gasteiger partial charge on any atom is -0.363 e. The number of amides is 2. The van der Waals surface area contributed by atoms with E-state index < -0.39 is 5.91 Å². The summed E-state index contributed by atoms with van der Waals surface area (Å²) in [5.74, 6) is -0.932. The average molecular weight is 417 g/mol. The molecule has 0 bridgehead atoms. The molecule has 0 unspecified atom stereocenters. The summed E-state index contributed by atoms with van der Waals surface area (Å²) in [5.41, 5.74) is 1.15. The molecule has 0 radical (unpaired) electrons. The molecule has 0 aliphatic rings. The number of anilines is 3. The van der Waals surface area contributed by atoms with Crippen molar-refractivity contribution in [2.24, 2.45) is 0 Å². The van der Waals surface area contributed by atoms with Gasteiger partial charge in [0.05, 0.1) is 17.0 Å². The normalized spacial score (nSPS) is 10.4. The van der Waals surface area contributed by atoms with Crippen LogP contribution in [0.2, 0.25) is 0 Å². The lowest BCUT2D eigenvalue weighted by Gasteiger charge is -2.11. The molecule has 0 saturated carbocycles. The summed E-state index contributed by atoms with van der Waals surface area (Å²) in [6.45, 7) is 0. The second-order valence-corrected chi connectivity index (χ2v) is 7.67. The summed E-state index contributed by atoms with van der Waals surface area (Å²) in [6, 6.07) is 12.1. The van der Waals surface area contributed by atoms with Crippen molar-refractivity contribution in [2.45, 2.75) is 4.34 Å². The average Bonchev–Trinajstić information content (AvgIpc) is 3.17. The molecule has 1 heterocycles. The maximum absolute atomic E-state index is 13.0. The lowest BCUT2D eigenvalue weighted by atomic mass is 10.1. The van der Waals surface area contributed by atoms with E-state index in [1.165, 1.54) is 47.4 Å². The van der Waals surface area contributed by atoms with E-state index >= 15 is 0 Å². The van der Waals surface area contributed by atoms with Crippen LogP contribution in [0.3, 0.4) is 0 Å². The number of nitrogens with one attached hydrogen (secondary N) is 3. The zero-order valence-corrected chi connectivity index (χ0v) is 16.4. The SMILES string of the molecule is CNc1nnc(SCC(=O)Nc2ccccc2C(=O)Nc2ccc(F)cc2)s1. The summed E-state index contributed by atoms with van der Waals surface area (Å²) >= 11 is 2.61. The maximum atomic E-state index is 13.0. The van der Waals surface area contributed by atoms with Gasteiger partial charge in [-0.1, -0.05) is 35.2 Å². The molecule has 2 aromatic carbocycles. The van der Waals surface area contributed by atoms with E-state index in [2.05, 4.69) is 26.1 Å². The highest BCUT2D eigenvalue weighted by Gasteiger charge is 2.14. The van der Waals surface area contributed by atoms with Crippen LogP contribution >= 0.6 is 23.1 Å². The number of nitrogens with zero attached hydrogens (tertiary/aromatic N) is 2. The first kappa shape index (κ1) is 19.8. The summed E-state index contributed by atoms with van der Waals surface area (Å²) in [6.07, 6.45) is 0. The number of hydrogen-bond acceptors (Lipinski definition) is 7. The highest BCUT2D eigenvalue weighted by Crippen LogP contribution is 2.25. The van der Waals surface area contributed by atoms with E-state index in [0.717, 1.165) is 0 Å². The van der Waals surface area contributed by atoms with Crippen LogP contribution in [0.25, 0.3) is 0 Å². The Bertz CT molecular complexity index is 978. The highest BCUT2D eigenvalue weighted by molar-refractivity contribution is 8.01. The predicted molar refractivity (Wildman–Crippen MR) is 110 cm³/mol. The van der Waals surface area contributed by atoms with Crippen LogP contribution in [0, 0.1) is 5.82 Å². The van der Waals surface area contributed by atoms with Gasteiger partial charge >= 0.3 is 0 Å². The summed E-state index contributed by atoms with van der Waals surface area (Å²) in [4.78, 5) is 24.8. The van der Waals surface area contributed by atoms with Gasteiger partial charge in [0.15, 0.2) is 4.34 Å². The van der Waals surface area contributed by atoms with Crippen molar-refractivity contribution in [1.29, 1.82) is 0 Å². The Kier molecular flexibility index (Phi) is 6.56. The molecule has 0 spiro atoms. The van der Waals surface area contributed by atoms with E-state index in [-0.39, 0.29) is 17.5 Å². The van der Waals surface area contributed by atoms with Gasteiger partial charge in [-0.25, -0.2) is 4.39 Å². The highest BCUT2D eigenvalue weighted by atomic mass is 32.2. The van der Waals surface area contributed by atoms with Crippen molar-refractivity contribution in [1.82, 2.24) is 10.2 Å². The van der Waals surface area contributed by atoms with Crippen LogP contribution in [0.5, 0.6) is 0 Å². The zero-order chi connectivity index (χ0) is 19.9. The number of benzene rings is 2. The number of carbonyl (C=O) groups is 2. The Morgan fingerprint density at radius 3 is 2.54 bits per heavy atom. The van der Waals surface area contributed by atoms with E-state index in [4.69, 9.17) is 0 Å². The van der Waals surface area contributed by atoms with Crippen LogP contribution in [-0.2, 0) is 4.79 Å². The topological polar surface area (TPSA) is 96.0 Å². The molecule has 1 aromatic heterocycles. The van der Waals surface area contributed by atoms with Gasteiger partial charge in [0.2, 0.25) is 11.0 Å². The Morgan fingerprint density at radius 2 is 1.82 bits per heavy atom. The Hall–Kier alpha value is -2.98. The standard InChI is InChI=1S/C18H16FN5O2S2/c1-20-17-23-24-18(28-17)27-10-15(25)22-14-5-3-2-4-13(14)16(26)21-12-8-6-11(19)7-9-12/h2-9H,10H2,1H3,(H,20,23)(H,21,26)(H,22,25). The summed E-state index contributed by atoms with van der Waals surface area (Å²) < 4.78 is 13.7. The second-order valence-electron chi connectivity index (χ2n) is 5.47. The van der Waals surface area contributed by atoms with Gasteiger partial charge in [0.25, 0.3) is 5.91 Å². The Labute approximate surface area is 168 Å². The first-order chi connectivity index (χ1) is 13.5. The molecule has 10 heteroatoms. The molecular formula is C18H16FN5O2S2. The number of hydrogen-bond donors (Lipinski definition) is 3. The zero-order valence-electron chi connectivity index (χ0n) is 14.7. The molecule has 0 fully saturated rings. The lowest BCUT2D eigenvalue weighted by molar-refractivity contribution is -0.113. The largest absolute Gasteiger partial charge is 0.363 e. The van der Waals surface area contributed by atoms with Gasteiger partial charge in [-0.15, -0.1) is 10.2 Å². The maximum Gasteiger partial charge on any atom is 0.257 e. The van der Waals surface area contributed by atoms with Crippen molar-refractivity contribution in [3.63, 3.8) is 0 Å². The van der Waals surface area contributed by atoms with Gasteiger partial charge in [-0.2, -0.15) is 0 Å². The minimum absolute atomic E-state index is 0.131. The van der Waals surface area contributed by atoms with Crippen molar-refractivity contribution >= 4 is 51.4 Å². The first-order valence-electron chi connectivity index (χ1n) is 8.15. The third-order valence-electron chi connectivity index (χ3n) is 3.49. The van der Waals surface area contributed by atoms with E-state index in [1.807, 2.05) is 0 Å². The summed E-state index contributed by atoms with van der Waals surface area (Å²) in [7, 11) is 1.75. The van der Waals surface area contributed by atoms with E-state index in [1.54, 1.807) is 31.3 Å². The molecule has 7 nitrogen and oxygen atoms in total. The molecule has 28 heavy (non-hydrogen) atoms. The third-order valence-corrected chi connectivity index (χ3v) is 5.57. The number of aromatic nitrogens is 2. The quantitative estimate of drug-likeness (QED) is 0.507. The number of carbonyl (C=O) groups excluding carboxylic acids is 2. The molecule has 3 rings (SSSR count). The predicted octanol–water partition coefficient (Wildman–Crippen LogP) is 3.70. The molecule has 0 saturated heterocycles. The Balaban J connectivity index is 1.63. The van der Waals surface area contributed by atoms with Crippen molar-refractivity contribution in [3.8, 4) is 0 Å². The van der Waals surface area contributed by atoms with Crippen LogP contribution in [-0.4, -0.2) is 34.8 Å². The molecule has 0 aliphatic heterocycles. The van der Waals surface area contributed by atoms with E-state index in [0.29, 0.717) is 26.4 Å². The number of rotatable bonds is 7. The van der Waals surface area contributed by atoms with Crippen LogP contribution in [0.15, 0.2) is 52.9 Å². The van der Waals surface area contributed by atoms with Crippen molar-refractivity contribution < 1.29 is 14.0 Å². The van der Waals surface area contributed by atoms with Crippen LogP contribution in [0.4, 0.5) is 20.9 Å². The van der Waals surface area contributed by atoms with Gasteiger partial charge in [-0.3, -0.25) is 9.59 Å². The molecule has 0 atom stereocenters. The van der Waals surface area contributed by atoms with Crippen molar-refractivity contribution in [3.05, 3.63) is 59.9 Å². The van der Waals surface area contributed by atoms with Gasteiger partial charge in [0.1, 0.15) is 5.82 Å². The molecule has 0 aliphatic carbocycles. The van der Waals surface area contributed by atoms with E-state index in [9.17, 15) is 14.0 Å². The number of halogens is 1. The van der Waals surface area contributed by atoms with Gasteiger partial charge < -0.3 is 16.0 Å². The molecular weight excluding hydrogens is 401 g/mol. The fourth-order valence-corrected chi connectivity index (χ4v) is 3.71. The molecule has 3 N–H and O–H groups in total. The first-order valence-corrected chi connectivity index (χ1v) is 9.95. The van der Waals surface area contributed by atoms with Crippen LogP contribution < -0.4 is 16.0 Å². The monoisotopic (exact) mass is 417 g/mol. The second kappa shape index (κ2) is 9.29. The smallest absolute Gasteiger partial charge is 0.257 e. The molecule has 144 valence electrons. The summed E-state index contributed by atoms with van der Waals surface area (Å²) in [5, 5.41) is 16.8. The molecule has 2 amide bonds. The van der Waals surface area contributed by atoms with Crippen LogP contribution in [0.1, 0.15) is 10.4 Å². The fourth-order valence-electron chi connectivity index (χ4n) is 2.20. The minimum atomic E-state index is -0.405. The Morgan fingerprint density at radius 1 is 1.07 bits per heavy atom. The fraction of sp³-hybridized carbons (Fsp3) is 0.111. The van der Waals surface area contributed by atoms with Gasteiger partial charge in [0, 0.05) is 12.7 Å². The number of para-hydroxylation sites is 1. The number of thioether (sulfide) groups is 1. The van der Waals surface area contributed by atoms with Gasteiger partial charge in [-0.05, 0) is 36.4 Å².